The molecule has 2 aromatic carbocycles. The van der Waals surface area contributed by atoms with Crippen LogP contribution >= 0.6 is 12.4 Å². The molecule has 0 bridgehead atoms. The first-order valence-electron chi connectivity index (χ1n) is 8.99. The van der Waals surface area contributed by atoms with Crippen LogP contribution in [0, 0.1) is 0 Å². The van der Waals surface area contributed by atoms with Crippen LogP contribution in [0.2, 0.25) is 0 Å². The van der Waals surface area contributed by atoms with Crippen molar-refractivity contribution in [3.63, 3.8) is 0 Å². The molecular formula is C22H30ClNO2. The number of halogens is 1. The minimum atomic E-state index is -0.285. The molecule has 0 amide bonds. The lowest BCUT2D eigenvalue weighted by atomic mass is 9.91. The average molecular weight is 376 g/mol. The zero-order chi connectivity index (χ0) is 18.3. The molecule has 142 valence electrons. The molecule has 1 aliphatic rings. The number of rotatable bonds is 4. The number of hydrogen-bond acceptors (Lipinski definition) is 3. The third-order valence-electron chi connectivity index (χ3n) is 4.51. The maximum Gasteiger partial charge on any atom is 0.131 e. The van der Waals surface area contributed by atoms with Crippen LogP contribution in [0.4, 0.5) is 0 Å². The molecule has 3 nitrogen and oxygen atoms in total. The Kier molecular flexibility index (Phi) is 8.70. The van der Waals surface area contributed by atoms with Crippen molar-refractivity contribution < 1.29 is 9.84 Å². The van der Waals surface area contributed by atoms with Crippen molar-refractivity contribution in [3.05, 3.63) is 66.4 Å². The number of benzene rings is 2. The Morgan fingerprint density at radius 2 is 1.81 bits per heavy atom. The first kappa shape index (κ1) is 22.1. The second-order valence-electron chi connectivity index (χ2n) is 6.50. The first-order valence-corrected chi connectivity index (χ1v) is 8.99. The Morgan fingerprint density at radius 3 is 2.38 bits per heavy atom. The van der Waals surface area contributed by atoms with Crippen molar-refractivity contribution in [2.45, 2.75) is 51.7 Å². The Morgan fingerprint density at radius 1 is 1.15 bits per heavy atom. The summed E-state index contributed by atoms with van der Waals surface area (Å²) in [7, 11) is 0. The van der Waals surface area contributed by atoms with Crippen molar-refractivity contribution in [2.24, 2.45) is 5.73 Å². The van der Waals surface area contributed by atoms with E-state index in [1.807, 2.05) is 43.3 Å². The quantitative estimate of drug-likeness (QED) is 0.755. The van der Waals surface area contributed by atoms with Gasteiger partial charge in [0.05, 0.1) is 6.10 Å². The van der Waals surface area contributed by atoms with Crippen molar-refractivity contribution in [1.29, 1.82) is 0 Å². The molecule has 0 aliphatic heterocycles. The number of aliphatic hydroxyl groups is 1. The van der Waals surface area contributed by atoms with E-state index in [1.54, 1.807) is 6.92 Å². The van der Waals surface area contributed by atoms with E-state index >= 15 is 0 Å². The predicted molar refractivity (Wildman–Crippen MR) is 113 cm³/mol. The van der Waals surface area contributed by atoms with Gasteiger partial charge in [-0.15, -0.1) is 12.4 Å². The van der Waals surface area contributed by atoms with E-state index in [4.69, 9.17) is 15.6 Å². The number of ether oxygens (including phenoxy) is 1. The molecule has 26 heavy (non-hydrogen) atoms. The molecule has 0 aromatic heterocycles. The second kappa shape index (κ2) is 10.2. The van der Waals surface area contributed by atoms with E-state index in [-0.39, 0.29) is 24.1 Å². The molecule has 4 heteroatoms. The second-order valence-corrected chi connectivity index (χ2v) is 6.50. The molecule has 1 aliphatic carbocycles. The molecule has 3 rings (SSSR count). The minimum Gasteiger partial charge on any atom is -0.482 e. The summed E-state index contributed by atoms with van der Waals surface area (Å²) in [5, 5.41) is 10.7. The van der Waals surface area contributed by atoms with Gasteiger partial charge in [0.15, 0.2) is 0 Å². The van der Waals surface area contributed by atoms with Gasteiger partial charge in [-0.1, -0.05) is 56.3 Å². The number of nitrogens with two attached hydrogens (primary N) is 1. The zero-order valence-corrected chi connectivity index (χ0v) is 16.6. The van der Waals surface area contributed by atoms with Crippen LogP contribution in [-0.2, 0) is 0 Å². The van der Waals surface area contributed by atoms with Crippen LogP contribution in [0.5, 0.6) is 5.75 Å². The van der Waals surface area contributed by atoms with Gasteiger partial charge >= 0.3 is 0 Å². The zero-order valence-electron chi connectivity index (χ0n) is 15.8. The van der Waals surface area contributed by atoms with E-state index in [0.29, 0.717) is 0 Å². The summed E-state index contributed by atoms with van der Waals surface area (Å²) < 4.78 is 6.37. The number of hydrogen-bond donors (Lipinski definition) is 2. The highest BCUT2D eigenvalue weighted by atomic mass is 35.5. The molecule has 0 heterocycles. The van der Waals surface area contributed by atoms with Crippen LogP contribution in [0.1, 0.15) is 40.0 Å². The summed E-state index contributed by atoms with van der Waals surface area (Å²) in [4.78, 5) is 0. The number of aliphatic hydroxyl groups excluding tert-OH is 1. The van der Waals surface area contributed by atoms with E-state index in [0.717, 1.165) is 36.1 Å². The molecule has 0 radical (unpaired) electrons. The summed E-state index contributed by atoms with van der Waals surface area (Å²) in [6, 6.07) is 14.5. The summed E-state index contributed by atoms with van der Waals surface area (Å²) in [6.07, 6.45) is 8.54. The SMILES string of the molecule is CCC(C)O.CCC1(Oc2cccc3ccccc23)C=CC(N)=CC1.Cl. The Bertz CT molecular complexity index is 749. The lowest BCUT2D eigenvalue weighted by molar-refractivity contribution is 0.119. The molecule has 0 spiro atoms. The summed E-state index contributed by atoms with van der Waals surface area (Å²) in [5.74, 6) is 0.934. The summed E-state index contributed by atoms with van der Waals surface area (Å²) in [6.45, 7) is 5.87. The minimum absolute atomic E-state index is 0. The fraction of sp³-hybridized carbons (Fsp3) is 0.364. The normalized spacial score (nSPS) is 19.6. The van der Waals surface area contributed by atoms with Crippen LogP contribution in [0.25, 0.3) is 10.8 Å². The summed E-state index contributed by atoms with van der Waals surface area (Å²) in [5.41, 5.74) is 6.34. The van der Waals surface area contributed by atoms with Gasteiger partial charge in [-0.2, -0.15) is 0 Å². The molecule has 2 atom stereocenters. The van der Waals surface area contributed by atoms with Gasteiger partial charge in [-0.25, -0.2) is 0 Å². The molecule has 3 N–H and O–H groups in total. The third-order valence-corrected chi connectivity index (χ3v) is 4.51. The van der Waals surface area contributed by atoms with Crippen LogP contribution < -0.4 is 10.5 Å². The molecule has 2 unspecified atom stereocenters. The first-order chi connectivity index (χ1) is 12.0. The van der Waals surface area contributed by atoms with Gasteiger partial charge in [0.1, 0.15) is 11.4 Å². The predicted octanol–water partition coefficient (Wildman–Crippen LogP) is 5.37. The third kappa shape index (κ3) is 5.79. The molecule has 0 saturated carbocycles. The maximum absolute atomic E-state index is 8.36. The van der Waals surface area contributed by atoms with Gasteiger partial charge in [-0.3, -0.25) is 0 Å². The standard InChI is InChI=1S/C18H19NO.C4H10O.ClH/c1-2-18(12-10-15(19)11-13-18)20-17-9-5-7-14-6-3-4-8-16(14)17;1-3-4(2)5;/h3-12H,2,13,19H2,1H3;4-5H,3H2,1-2H3;1H. The van der Waals surface area contributed by atoms with Crippen LogP contribution in [0.3, 0.4) is 0 Å². The van der Waals surface area contributed by atoms with Crippen molar-refractivity contribution >= 4 is 23.2 Å². The topological polar surface area (TPSA) is 55.5 Å². The van der Waals surface area contributed by atoms with Gasteiger partial charge in [0, 0.05) is 17.5 Å². The van der Waals surface area contributed by atoms with E-state index < -0.39 is 0 Å². The molecular weight excluding hydrogens is 346 g/mol. The Labute approximate surface area is 163 Å². The van der Waals surface area contributed by atoms with E-state index in [2.05, 4.69) is 31.2 Å². The average Bonchev–Trinajstić information content (AvgIpc) is 2.64. The Hall–Kier alpha value is -1.97. The highest BCUT2D eigenvalue weighted by Gasteiger charge is 2.28. The van der Waals surface area contributed by atoms with Crippen LogP contribution in [0.15, 0.2) is 66.4 Å². The largest absolute Gasteiger partial charge is 0.482 e. The highest BCUT2D eigenvalue weighted by Crippen LogP contribution is 2.33. The van der Waals surface area contributed by atoms with Gasteiger partial charge in [0.25, 0.3) is 0 Å². The van der Waals surface area contributed by atoms with Crippen molar-refractivity contribution in [1.82, 2.24) is 0 Å². The van der Waals surface area contributed by atoms with Crippen molar-refractivity contribution in [3.8, 4) is 5.75 Å². The smallest absolute Gasteiger partial charge is 0.131 e. The lowest BCUT2D eigenvalue weighted by Crippen LogP contribution is -2.34. The molecule has 0 fully saturated rings. The van der Waals surface area contributed by atoms with Gasteiger partial charge in [-0.05, 0) is 43.4 Å². The molecule has 0 saturated heterocycles. The van der Waals surface area contributed by atoms with Gasteiger partial charge in [0.2, 0.25) is 0 Å². The summed E-state index contributed by atoms with van der Waals surface area (Å²) >= 11 is 0. The molecule has 2 aromatic rings. The number of fused-ring (bicyclic) bond motifs is 1. The lowest BCUT2D eigenvalue weighted by Gasteiger charge is -2.32. The maximum atomic E-state index is 8.36. The number of allylic oxidation sites excluding steroid dienone is 1. The fourth-order valence-electron chi connectivity index (χ4n) is 2.59. The van der Waals surface area contributed by atoms with Crippen molar-refractivity contribution in [2.75, 3.05) is 0 Å². The van der Waals surface area contributed by atoms with Gasteiger partial charge < -0.3 is 15.6 Å². The Balaban J connectivity index is 0.000000501. The monoisotopic (exact) mass is 375 g/mol. The van der Waals surface area contributed by atoms with Crippen LogP contribution in [-0.4, -0.2) is 16.8 Å². The fourth-order valence-corrected chi connectivity index (χ4v) is 2.59. The van der Waals surface area contributed by atoms with E-state index in [9.17, 15) is 0 Å². The highest BCUT2D eigenvalue weighted by molar-refractivity contribution is 5.88. The van der Waals surface area contributed by atoms with E-state index in [1.165, 1.54) is 5.39 Å².